The number of hydrogen-bond donors (Lipinski definition) is 0. The van der Waals surface area contributed by atoms with Crippen LogP contribution in [0.2, 0.25) is 0 Å². The molecule has 0 unspecified atom stereocenters. The Kier molecular flexibility index (Phi) is 13.2. The van der Waals surface area contributed by atoms with Crippen LogP contribution in [-0.2, 0) is 42.9 Å². The molecule has 1 fully saturated rings. The van der Waals surface area contributed by atoms with Gasteiger partial charge in [-0.2, -0.15) is 0 Å². The van der Waals surface area contributed by atoms with Crippen LogP contribution < -0.4 is 0 Å². The minimum absolute atomic E-state index is 0.0488. The van der Waals surface area contributed by atoms with E-state index in [0.717, 1.165) is 44.3 Å². The number of unbranched alkanes of at least 4 members (excludes halogenated alkanes) is 5. The summed E-state index contributed by atoms with van der Waals surface area (Å²) in [6.07, 6.45) is 3.73. The van der Waals surface area contributed by atoms with E-state index in [1.807, 2.05) is 0 Å². The summed E-state index contributed by atoms with van der Waals surface area (Å²) in [6, 6.07) is 0. The zero-order valence-electron chi connectivity index (χ0n) is 18.8. The Bertz CT molecular complexity index is 595. The van der Waals surface area contributed by atoms with Crippen LogP contribution >= 0.6 is 11.8 Å². The van der Waals surface area contributed by atoms with Crippen molar-refractivity contribution in [2.45, 2.75) is 89.5 Å². The smallest absolute Gasteiger partial charge is 0.305 e. The highest BCUT2D eigenvalue weighted by Gasteiger charge is 2.46. The van der Waals surface area contributed by atoms with Crippen molar-refractivity contribution in [2.24, 2.45) is 0 Å². The first-order chi connectivity index (χ1) is 14.7. The van der Waals surface area contributed by atoms with Crippen LogP contribution in [0.25, 0.3) is 0 Å². The third kappa shape index (κ3) is 11.4. The van der Waals surface area contributed by atoms with Gasteiger partial charge in [0.2, 0.25) is 0 Å². The van der Waals surface area contributed by atoms with Crippen molar-refractivity contribution < 1.29 is 42.9 Å². The zero-order chi connectivity index (χ0) is 23.2. The SMILES string of the molecule is COC(=O)CCCCCCCCS[C@@H]1OC[C@@H](OC(C)=O)[C@H](OC(C)=O)[C@H]1OC(C)=O. The van der Waals surface area contributed by atoms with E-state index in [0.29, 0.717) is 6.42 Å². The largest absolute Gasteiger partial charge is 0.469 e. The van der Waals surface area contributed by atoms with E-state index < -0.39 is 41.7 Å². The first-order valence-electron chi connectivity index (χ1n) is 10.6. The van der Waals surface area contributed by atoms with E-state index >= 15 is 0 Å². The molecule has 0 N–H and O–H groups in total. The molecule has 4 atom stereocenters. The third-order valence-corrected chi connectivity index (χ3v) is 5.85. The lowest BCUT2D eigenvalue weighted by Gasteiger charge is -2.40. The number of esters is 4. The van der Waals surface area contributed by atoms with Gasteiger partial charge in [0.15, 0.2) is 18.3 Å². The second-order valence-electron chi connectivity index (χ2n) is 7.32. The highest BCUT2D eigenvalue weighted by atomic mass is 32.2. The minimum atomic E-state index is -0.925. The predicted molar refractivity (Wildman–Crippen MR) is 113 cm³/mol. The molecule has 0 aliphatic carbocycles. The van der Waals surface area contributed by atoms with Crippen molar-refractivity contribution in [1.29, 1.82) is 0 Å². The lowest BCUT2D eigenvalue weighted by Crippen LogP contribution is -2.56. The predicted octanol–water partition coefficient (Wildman–Crippen LogP) is 2.77. The quantitative estimate of drug-likeness (QED) is 0.230. The number of rotatable bonds is 13. The maximum Gasteiger partial charge on any atom is 0.305 e. The van der Waals surface area contributed by atoms with E-state index in [2.05, 4.69) is 4.74 Å². The number of carbonyl (C=O) groups is 4. The van der Waals surface area contributed by atoms with Gasteiger partial charge in [-0.05, 0) is 18.6 Å². The number of thioether (sulfide) groups is 1. The Morgan fingerprint density at radius 3 is 1.94 bits per heavy atom. The molecular weight excluding hydrogens is 428 g/mol. The number of hydrogen-bond acceptors (Lipinski definition) is 10. The maximum absolute atomic E-state index is 11.6. The van der Waals surface area contributed by atoms with Crippen molar-refractivity contribution in [3.63, 3.8) is 0 Å². The van der Waals surface area contributed by atoms with Crippen LogP contribution in [0, 0.1) is 0 Å². The first kappa shape index (κ1) is 27.2. The van der Waals surface area contributed by atoms with E-state index in [1.165, 1.54) is 39.6 Å². The molecule has 1 heterocycles. The molecular formula is C21H34O9S. The average Bonchev–Trinajstić information content (AvgIpc) is 2.69. The molecule has 0 saturated carbocycles. The van der Waals surface area contributed by atoms with E-state index in [4.69, 9.17) is 18.9 Å². The minimum Gasteiger partial charge on any atom is -0.469 e. The Morgan fingerprint density at radius 2 is 1.35 bits per heavy atom. The number of ether oxygens (including phenoxy) is 5. The molecule has 0 aromatic carbocycles. The van der Waals surface area contributed by atoms with Crippen molar-refractivity contribution in [3.05, 3.63) is 0 Å². The van der Waals surface area contributed by atoms with Gasteiger partial charge in [-0.3, -0.25) is 19.2 Å². The summed E-state index contributed by atoms with van der Waals surface area (Å²) >= 11 is 1.48. The molecule has 0 amide bonds. The fourth-order valence-electron chi connectivity index (χ4n) is 3.23. The fourth-order valence-corrected chi connectivity index (χ4v) is 4.41. The molecule has 1 aliphatic heterocycles. The topological polar surface area (TPSA) is 114 Å². The molecule has 10 heteroatoms. The monoisotopic (exact) mass is 462 g/mol. The van der Waals surface area contributed by atoms with Crippen LogP contribution in [0.3, 0.4) is 0 Å². The van der Waals surface area contributed by atoms with Gasteiger partial charge in [0.25, 0.3) is 0 Å². The van der Waals surface area contributed by atoms with Crippen molar-refractivity contribution in [1.82, 2.24) is 0 Å². The maximum atomic E-state index is 11.6. The van der Waals surface area contributed by atoms with Gasteiger partial charge >= 0.3 is 23.9 Å². The second-order valence-corrected chi connectivity index (χ2v) is 8.52. The summed E-state index contributed by atoms with van der Waals surface area (Å²) in [4.78, 5) is 45.6. The molecule has 0 radical (unpaired) electrons. The number of carbonyl (C=O) groups excluding carboxylic acids is 4. The Hall–Kier alpha value is -1.81. The van der Waals surface area contributed by atoms with Gasteiger partial charge in [-0.25, -0.2) is 0 Å². The summed E-state index contributed by atoms with van der Waals surface area (Å²) in [5.74, 6) is -1.03. The highest BCUT2D eigenvalue weighted by Crippen LogP contribution is 2.31. The summed E-state index contributed by atoms with van der Waals surface area (Å²) < 4.78 is 26.3. The van der Waals surface area contributed by atoms with Crippen molar-refractivity contribution in [3.8, 4) is 0 Å². The highest BCUT2D eigenvalue weighted by molar-refractivity contribution is 7.99. The van der Waals surface area contributed by atoms with Gasteiger partial charge in [0, 0.05) is 27.2 Å². The molecule has 9 nitrogen and oxygen atoms in total. The van der Waals surface area contributed by atoms with Crippen molar-refractivity contribution >= 4 is 35.6 Å². The third-order valence-electron chi connectivity index (χ3n) is 4.59. The van der Waals surface area contributed by atoms with Gasteiger partial charge in [-0.1, -0.05) is 25.7 Å². The molecule has 31 heavy (non-hydrogen) atoms. The fraction of sp³-hybridized carbons (Fsp3) is 0.810. The second kappa shape index (κ2) is 15.1. The standard InChI is InChI=1S/C21H34O9S/c1-14(22)28-17-13-27-21(20(30-16(3)24)19(17)29-15(2)23)31-12-10-8-6-5-7-9-11-18(25)26-4/h17,19-21H,5-13H2,1-4H3/t17-,19+,20-,21+/m1/s1. The summed E-state index contributed by atoms with van der Waals surface area (Å²) in [5, 5.41) is 0. The van der Waals surface area contributed by atoms with Crippen LogP contribution in [0.1, 0.15) is 65.7 Å². The van der Waals surface area contributed by atoms with Gasteiger partial charge in [0.1, 0.15) is 5.44 Å². The first-order valence-corrected chi connectivity index (χ1v) is 11.6. The molecule has 1 saturated heterocycles. The van der Waals surface area contributed by atoms with E-state index in [9.17, 15) is 19.2 Å². The lowest BCUT2D eigenvalue weighted by molar-refractivity contribution is -0.213. The van der Waals surface area contributed by atoms with Gasteiger partial charge < -0.3 is 23.7 Å². The van der Waals surface area contributed by atoms with Gasteiger partial charge in [-0.15, -0.1) is 11.8 Å². The van der Waals surface area contributed by atoms with Crippen molar-refractivity contribution in [2.75, 3.05) is 19.5 Å². The molecule has 0 spiro atoms. The average molecular weight is 463 g/mol. The molecule has 1 aliphatic rings. The van der Waals surface area contributed by atoms with E-state index in [-0.39, 0.29) is 12.6 Å². The Morgan fingerprint density at radius 1 is 0.806 bits per heavy atom. The molecule has 178 valence electrons. The van der Waals surface area contributed by atoms with Crippen LogP contribution in [0.5, 0.6) is 0 Å². The Balaban J connectivity index is 2.48. The summed E-state index contributed by atoms with van der Waals surface area (Å²) in [6.45, 7) is 3.82. The van der Waals surface area contributed by atoms with E-state index in [1.54, 1.807) is 0 Å². The van der Waals surface area contributed by atoms with Crippen LogP contribution in [0.15, 0.2) is 0 Å². The van der Waals surface area contributed by atoms with Gasteiger partial charge in [0.05, 0.1) is 13.7 Å². The molecule has 1 rings (SSSR count). The number of methoxy groups -OCH3 is 1. The molecule has 0 aromatic heterocycles. The normalized spacial score (nSPS) is 23.0. The summed E-state index contributed by atoms with van der Waals surface area (Å²) in [7, 11) is 1.40. The van der Waals surface area contributed by atoms with Crippen LogP contribution in [-0.4, -0.2) is 67.1 Å². The zero-order valence-corrected chi connectivity index (χ0v) is 19.6. The molecule has 0 bridgehead atoms. The van der Waals surface area contributed by atoms with Crippen LogP contribution in [0.4, 0.5) is 0 Å². The lowest BCUT2D eigenvalue weighted by atomic mass is 10.1. The molecule has 0 aromatic rings. The Labute approximate surface area is 187 Å². The summed E-state index contributed by atoms with van der Waals surface area (Å²) in [5.41, 5.74) is -0.528.